The highest BCUT2D eigenvalue weighted by Crippen LogP contribution is 2.05. The van der Waals surface area contributed by atoms with Crippen LogP contribution in [0.2, 0.25) is 0 Å². The minimum Gasteiger partial charge on any atom is -0.461 e. The number of nitrogen functional groups attached to an aromatic ring is 1. The lowest BCUT2D eigenvalue weighted by Crippen LogP contribution is -2.12. The molecule has 15 heavy (non-hydrogen) atoms. The maximum atomic E-state index is 11.3. The zero-order chi connectivity index (χ0) is 11.3. The Morgan fingerprint density at radius 3 is 2.33 bits per heavy atom. The fourth-order valence-electron chi connectivity index (χ4n) is 1.00. The number of benzene rings is 1. The average Bonchev–Trinajstić information content (AvgIpc) is 2.26. The van der Waals surface area contributed by atoms with Gasteiger partial charge < -0.3 is 10.5 Å². The lowest BCUT2D eigenvalue weighted by Gasteiger charge is -2.03. The number of alkyl halides is 1. The van der Waals surface area contributed by atoms with Crippen LogP contribution in [0.15, 0.2) is 24.3 Å². The van der Waals surface area contributed by atoms with Crippen LogP contribution < -0.4 is 5.73 Å². The molecule has 1 aromatic carbocycles. The van der Waals surface area contributed by atoms with Crippen molar-refractivity contribution in [3.8, 4) is 0 Å². The topological polar surface area (TPSA) is 76.2 Å². The first kappa shape index (κ1) is 11.5. The van der Waals surface area contributed by atoms with Gasteiger partial charge in [0.2, 0.25) is 0 Å². The lowest BCUT2D eigenvalue weighted by molar-refractivity contribution is 0.0529. The Labute approximate surface area is 92.5 Å². The van der Waals surface area contributed by atoms with E-state index < -0.39 is 5.97 Å². The zero-order valence-corrected chi connectivity index (χ0v) is 8.75. The molecule has 0 unspecified atom stereocenters. The first-order valence-electron chi connectivity index (χ1n) is 4.32. The van der Waals surface area contributed by atoms with Gasteiger partial charge in [0, 0.05) is 5.56 Å². The number of esters is 1. The summed E-state index contributed by atoms with van der Waals surface area (Å²) in [7, 11) is 0. The van der Waals surface area contributed by atoms with Crippen LogP contribution in [-0.4, -0.2) is 24.3 Å². The number of amidine groups is 1. The number of ether oxygens (including phenoxy) is 1. The van der Waals surface area contributed by atoms with Gasteiger partial charge in [0.25, 0.3) is 0 Å². The van der Waals surface area contributed by atoms with Crippen LogP contribution in [0.4, 0.5) is 0 Å². The number of carbonyl (C=O) groups is 1. The highest BCUT2D eigenvalue weighted by molar-refractivity contribution is 6.18. The maximum Gasteiger partial charge on any atom is 0.338 e. The Morgan fingerprint density at radius 1 is 1.33 bits per heavy atom. The summed E-state index contributed by atoms with van der Waals surface area (Å²) in [6, 6.07) is 6.32. The largest absolute Gasteiger partial charge is 0.461 e. The predicted molar refractivity (Wildman–Crippen MR) is 58.5 cm³/mol. The van der Waals surface area contributed by atoms with E-state index in [0.717, 1.165) is 0 Å². The monoisotopic (exact) mass is 226 g/mol. The Morgan fingerprint density at radius 2 is 1.87 bits per heavy atom. The second-order valence-electron chi connectivity index (χ2n) is 2.82. The van der Waals surface area contributed by atoms with E-state index in [1.807, 2.05) is 0 Å². The molecule has 5 heteroatoms. The molecule has 0 bridgehead atoms. The Hall–Kier alpha value is -1.55. The summed E-state index contributed by atoms with van der Waals surface area (Å²) in [5.41, 5.74) is 6.26. The van der Waals surface area contributed by atoms with Crippen molar-refractivity contribution >= 4 is 23.4 Å². The summed E-state index contributed by atoms with van der Waals surface area (Å²) < 4.78 is 4.82. The molecule has 1 aromatic rings. The Bertz CT molecular complexity index is 362. The maximum absolute atomic E-state index is 11.3. The summed E-state index contributed by atoms with van der Waals surface area (Å²) in [4.78, 5) is 11.3. The molecule has 3 N–H and O–H groups in total. The first-order chi connectivity index (χ1) is 7.15. The molecule has 1 rings (SSSR count). The molecular formula is C10H11ClN2O2. The molecule has 0 aliphatic heterocycles. The molecule has 0 saturated carbocycles. The number of hydrogen-bond donors (Lipinski definition) is 2. The number of halogens is 1. The van der Waals surface area contributed by atoms with Gasteiger partial charge in [-0.05, 0) is 12.1 Å². The van der Waals surface area contributed by atoms with E-state index in [1.165, 1.54) is 0 Å². The molecule has 0 fully saturated rings. The van der Waals surface area contributed by atoms with Crippen LogP contribution in [0.3, 0.4) is 0 Å². The van der Waals surface area contributed by atoms with Crippen molar-refractivity contribution in [2.24, 2.45) is 5.73 Å². The van der Waals surface area contributed by atoms with Crippen molar-refractivity contribution < 1.29 is 9.53 Å². The molecule has 0 aromatic heterocycles. The molecular weight excluding hydrogens is 216 g/mol. The molecule has 80 valence electrons. The molecule has 0 heterocycles. The minimum absolute atomic E-state index is 0.0318. The lowest BCUT2D eigenvalue weighted by atomic mass is 10.1. The van der Waals surface area contributed by atoms with Gasteiger partial charge in [-0.15, -0.1) is 11.6 Å². The highest BCUT2D eigenvalue weighted by Gasteiger charge is 2.06. The smallest absolute Gasteiger partial charge is 0.338 e. The van der Waals surface area contributed by atoms with Crippen molar-refractivity contribution in [1.82, 2.24) is 0 Å². The van der Waals surface area contributed by atoms with Crippen LogP contribution >= 0.6 is 11.6 Å². The normalized spacial score (nSPS) is 9.67. The molecule has 4 nitrogen and oxygen atoms in total. The number of rotatable bonds is 4. The Balaban J connectivity index is 2.71. The van der Waals surface area contributed by atoms with Gasteiger partial charge in [-0.25, -0.2) is 4.79 Å². The third-order valence-electron chi connectivity index (χ3n) is 1.74. The molecule has 0 atom stereocenters. The number of nitrogens with one attached hydrogen (secondary N) is 1. The van der Waals surface area contributed by atoms with Crippen LogP contribution in [0.25, 0.3) is 0 Å². The molecule has 0 amide bonds. The van der Waals surface area contributed by atoms with Gasteiger partial charge in [0.05, 0.1) is 11.4 Å². The zero-order valence-electron chi connectivity index (χ0n) is 8.00. The molecule has 0 aliphatic carbocycles. The molecule has 0 radical (unpaired) electrons. The van der Waals surface area contributed by atoms with E-state index >= 15 is 0 Å². The fraction of sp³-hybridized carbons (Fsp3) is 0.200. The summed E-state index contributed by atoms with van der Waals surface area (Å²) >= 11 is 5.38. The van der Waals surface area contributed by atoms with E-state index in [4.69, 9.17) is 27.5 Å². The number of carbonyl (C=O) groups excluding carboxylic acids is 1. The summed E-state index contributed by atoms with van der Waals surface area (Å²) in [5, 5.41) is 7.17. The average molecular weight is 227 g/mol. The van der Waals surface area contributed by atoms with Crippen molar-refractivity contribution in [3.05, 3.63) is 35.4 Å². The quantitative estimate of drug-likeness (QED) is 0.352. The van der Waals surface area contributed by atoms with Crippen LogP contribution in [0.1, 0.15) is 15.9 Å². The fourth-order valence-corrected chi connectivity index (χ4v) is 1.08. The van der Waals surface area contributed by atoms with Gasteiger partial charge in [-0.3, -0.25) is 5.41 Å². The van der Waals surface area contributed by atoms with Gasteiger partial charge >= 0.3 is 5.97 Å². The van der Waals surface area contributed by atoms with Crippen molar-refractivity contribution in [1.29, 1.82) is 5.41 Å². The van der Waals surface area contributed by atoms with Gasteiger partial charge in [0.1, 0.15) is 12.4 Å². The van der Waals surface area contributed by atoms with E-state index in [-0.39, 0.29) is 18.3 Å². The van der Waals surface area contributed by atoms with Gasteiger partial charge in [0.15, 0.2) is 0 Å². The third kappa shape index (κ3) is 3.25. The van der Waals surface area contributed by atoms with E-state index in [9.17, 15) is 4.79 Å². The van der Waals surface area contributed by atoms with Gasteiger partial charge in [-0.1, -0.05) is 12.1 Å². The number of hydrogen-bond acceptors (Lipinski definition) is 3. The van der Waals surface area contributed by atoms with Crippen LogP contribution in [-0.2, 0) is 4.74 Å². The molecule has 0 spiro atoms. The van der Waals surface area contributed by atoms with E-state index in [1.54, 1.807) is 24.3 Å². The van der Waals surface area contributed by atoms with E-state index in [2.05, 4.69) is 0 Å². The molecule has 0 saturated heterocycles. The summed E-state index contributed by atoms with van der Waals surface area (Å²) in [6.45, 7) is 0.189. The first-order valence-corrected chi connectivity index (χ1v) is 4.86. The van der Waals surface area contributed by atoms with Gasteiger partial charge in [-0.2, -0.15) is 0 Å². The third-order valence-corrected chi connectivity index (χ3v) is 1.90. The summed E-state index contributed by atoms with van der Waals surface area (Å²) in [5.74, 6) is -0.182. The predicted octanol–water partition coefficient (Wildman–Crippen LogP) is 1.37. The second kappa shape index (κ2) is 5.36. The van der Waals surface area contributed by atoms with Crippen molar-refractivity contribution in [2.75, 3.05) is 12.5 Å². The SMILES string of the molecule is N=C(N)c1ccc(C(=O)OCCCl)cc1. The Kier molecular flexibility index (Phi) is 4.12. The second-order valence-corrected chi connectivity index (χ2v) is 3.19. The van der Waals surface area contributed by atoms with Crippen LogP contribution in [0.5, 0.6) is 0 Å². The van der Waals surface area contributed by atoms with Crippen LogP contribution in [0, 0.1) is 5.41 Å². The minimum atomic E-state index is -0.425. The standard InChI is InChI=1S/C10H11ClN2O2/c11-5-6-15-10(14)8-3-1-7(2-4-8)9(12)13/h1-4H,5-6H2,(H3,12,13). The number of nitrogens with two attached hydrogens (primary N) is 1. The summed E-state index contributed by atoms with van der Waals surface area (Å²) in [6.07, 6.45) is 0. The highest BCUT2D eigenvalue weighted by atomic mass is 35.5. The van der Waals surface area contributed by atoms with E-state index in [0.29, 0.717) is 11.1 Å². The molecule has 0 aliphatic rings. The van der Waals surface area contributed by atoms with Crippen molar-refractivity contribution in [2.45, 2.75) is 0 Å². The van der Waals surface area contributed by atoms with Crippen molar-refractivity contribution in [3.63, 3.8) is 0 Å².